The molecular formula is C14H10F4N2O2. The Morgan fingerprint density at radius 3 is 2.45 bits per heavy atom. The highest BCUT2D eigenvalue weighted by atomic mass is 19.4. The Balaban J connectivity index is 2.00. The van der Waals surface area contributed by atoms with Crippen LogP contribution in [0, 0.1) is 5.82 Å². The zero-order chi connectivity index (χ0) is 16.2. The maximum atomic E-state index is 13.7. The van der Waals surface area contributed by atoms with Crippen molar-refractivity contribution in [3.63, 3.8) is 0 Å². The number of carbonyl (C=O) groups excluding carboxylic acids is 1. The molecule has 1 N–H and O–H groups in total. The van der Waals surface area contributed by atoms with Gasteiger partial charge < -0.3 is 10.1 Å². The number of halogens is 4. The fourth-order valence-corrected chi connectivity index (χ4v) is 1.65. The Bertz CT molecular complexity index is 660. The number of aromatic nitrogens is 1. The fourth-order valence-electron chi connectivity index (χ4n) is 1.65. The Hall–Kier alpha value is -2.64. The van der Waals surface area contributed by atoms with E-state index in [1.54, 1.807) is 0 Å². The highest BCUT2D eigenvalue weighted by Crippen LogP contribution is 2.24. The van der Waals surface area contributed by atoms with Crippen molar-refractivity contribution in [2.24, 2.45) is 0 Å². The van der Waals surface area contributed by atoms with E-state index in [4.69, 9.17) is 0 Å². The van der Waals surface area contributed by atoms with E-state index >= 15 is 0 Å². The molecule has 4 nitrogen and oxygen atoms in total. The van der Waals surface area contributed by atoms with Crippen LogP contribution in [0.4, 0.5) is 17.6 Å². The molecule has 1 aromatic carbocycles. The van der Waals surface area contributed by atoms with Gasteiger partial charge in [-0.15, -0.1) is 13.2 Å². The maximum Gasteiger partial charge on any atom is 0.573 e. The second-order valence-corrected chi connectivity index (χ2v) is 4.22. The molecule has 0 bridgehead atoms. The maximum absolute atomic E-state index is 13.7. The highest BCUT2D eigenvalue weighted by Gasteiger charge is 2.31. The second kappa shape index (κ2) is 6.42. The SMILES string of the molecule is O=C(NCc1ccc(OC(F)(F)F)cc1F)c1ccncc1. The van der Waals surface area contributed by atoms with Gasteiger partial charge in [0.25, 0.3) is 5.91 Å². The van der Waals surface area contributed by atoms with Crippen LogP contribution in [0.1, 0.15) is 15.9 Å². The van der Waals surface area contributed by atoms with Crippen LogP contribution in [0.5, 0.6) is 5.75 Å². The minimum absolute atomic E-state index is 0.0388. The summed E-state index contributed by atoms with van der Waals surface area (Å²) in [6, 6.07) is 5.66. The predicted octanol–water partition coefficient (Wildman–Crippen LogP) is 3.05. The smallest absolute Gasteiger partial charge is 0.406 e. The van der Waals surface area contributed by atoms with Crippen LogP contribution in [-0.4, -0.2) is 17.3 Å². The van der Waals surface area contributed by atoms with Gasteiger partial charge in [-0.2, -0.15) is 0 Å². The number of carbonyl (C=O) groups is 1. The fraction of sp³-hybridized carbons (Fsp3) is 0.143. The van der Waals surface area contributed by atoms with Gasteiger partial charge in [-0.1, -0.05) is 6.07 Å². The van der Waals surface area contributed by atoms with Gasteiger partial charge >= 0.3 is 6.36 Å². The van der Waals surface area contributed by atoms with Crippen molar-refractivity contribution in [1.82, 2.24) is 10.3 Å². The first-order chi connectivity index (χ1) is 10.3. The number of rotatable bonds is 4. The van der Waals surface area contributed by atoms with Crippen molar-refractivity contribution < 1.29 is 27.1 Å². The van der Waals surface area contributed by atoms with E-state index in [-0.39, 0.29) is 12.1 Å². The van der Waals surface area contributed by atoms with Crippen LogP contribution in [0.15, 0.2) is 42.7 Å². The van der Waals surface area contributed by atoms with E-state index in [0.29, 0.717) is 11.6 Å². The Kier molecular flexibility index (Phi) is 4.59. The van der Waals surface area contributed by atoms with Crippen molar-refractivity contribution in [3.05, 3.63) is 59.7 Å². The van der Waals surface area contributed by atoms with E-state index in [1.807, 2.05) is 0 Å². The van der Waals surface area contributed by atoms with Crippen LogP contribution in [-0.2, 0) is 6.54 Å². The lowest BCUT2D eigenvalue weighted by molar-refractivity contribution is -0.274. The Morgan fingerprint density at radius 2 is 1.86 bits per heavy atom. The van der Waals surface area contributed by atoms with Crippen molar-refractivity contribution >= 4 is 5.91 Å². The number of nitrogens with zero attached hydrogens (tertiary/aromatic N) is 1. The summed E-state index contributed by atoms with van der Waals surface area (Å²) >= 11 is 0. The van der Waals surface area contributed by atoms with Gasteiger partial charge in [0.1, 0.15) is 11.6 Å². The molecule has 0 fully saturated rings. The van der Waals surface area contributed by atoms with Crippen LogP contribution in [0.2, 0.25) is 0 Å². The van der Waals surface area contributed by atoms with Crippen LogP contribution in [0.25, 0.3) is 0 Å². The van der Waals surface area contributed by atoms with Gasteiger partial charge in [-0.3, -0.25) is 9.78 Å². The summed E-state index contributed by atoms with van der Waals surface area (Å²) in [5, 5.41) is 2.45. The van der Waals surface area contributed by atoms with Crippen molar-refractivity contribution in [1.29, 1.82) is 0 Å². The van der Waals surface area contributed by atoms with Crippen LogP contribution in [0.3, 0.4) is 0 Å². The van der Waals surface area contributed by atoms with Crippen LogP contribution < -0.4 is 10.1 Å². The molecule has 0 aliphatic carbocycles. The third-order valence-corrected chi connectivity index (χ3v) is 2.64. The van der Waals surface area contributed by atoms with E-state index in [9.17, 15) is 22.4 Å². The van der Waals surface area contributed by atoms with E-state index in [1.165, 1.54) is 24.5 Å². The highest BCUT2D eigenvalue weighted by molar-refractivity contribution is 5.93. The van der Waals surface area contributed by atoms with Crippen molar-refractivity contribution in [3.8, 4) is 5.75 Å². The zero-order valence-corrected chi connectivity index (χ0v) is 11.0. The molecule has 22 heavy (non-hydrogen) atoms. The van der Waals surface area contributed by atoms with Gasteiger partial charge in [0.15, 0.2) is 0 Å². The molecule has 0 atom stereocenters. The third-order valence-electron chi connectivity index (χ3n) is 2.64. The van der Waals surface area contributed by atoms with Crippen LogP contribution >= 0.6 is 0 Å². The monoisotopic (exact) mass is 314 g/mol. The molecule has 0 radical (unpaired) electrons. The third kappa shape index (κ3) is 4.44. The average molecular weight is 314 g/mol. The molecular weight excluding hydrogens is 304 g/mol. The molecule has 0 saturated carbocycles. The number of benzene rings is 1. The van der Waals surface area contributed by atoms with Gasteiger partial charge in [-0.25, -0.2) is 4.39 Å². The quantitative estimate of drug-likeness (QED) is 0.883. The van der Waals surface area contributed by atoms with Gasteiger partial charge in [0.2, 0.25) is 0 Å². The van der Waals surface area contributed by atoms with Crippen molar-refractivity contribution in [2.75, 3.05) is 0 Å². The molecule has 2 aromatic rings. The summed E-state index contributed by atoms with van der Waals surface area (Å²) in [5.74, 6) is -2.01. The molecule has 0 spiro atoms. The first-order valence-electron chi connectivity index (χ1n) is 6.07. The van der Waals surface area contributed by atoms with Crippen molar-refractivity contribution in [2.45, 2.75) is 12.9 Å². The number of amides is 1. The van der Waals surface area contributed by atoms with Gasteiger partial charge in [0, 0.05) is 36.1 Å². The number of hydrogen-bond donors (Lipinski definition) is 1. The zero-order valence-electron chi connectivity index (χ0n) is 11.0. The number of nitrogens with one attached hydrogen (secondary N) is 1. The summed E-state index contributed by atoms with van der Waals surface area (Å²) < 4.78 is 53.3. The molecule has 1 heterocycles. The standard InChI is InChI=1S/C14H10F4N2O2/c15-12-7-11(22-14(16,17)18)2-1-10(12)8-20-13(21)9-3-5-19-6-4-9/h1-7H,8H2,(H,20,21). The average Bonchev–Trinajstić information content (AvgIpc) is 2.45. The first-order valence-corrected chi connectivity index (χ1v) is 6.07. The summed E-state index contributed by atoms with van der Waals surface area (Å²) in [6.45, 7) is -0.167. The van der Waals surface area contributed by atoms with E-state index < -0.39 is 23.8 Å². The topological polar surface area (TPSA) is 51.2 Å². The molecule has 0 saturated heterocycles. The minimum atomic E-state index is -4.89. The van der Waals surface area contributed by atoms with Gasteiger partial charge in [0.05, 0.1) is 0 Å². The lowest BCUT2D eigenvalue weighted by Gasteiger charge is -2.11. The number of alkyl halides is 3. The Morgan fingerprint density at radius 1 is 1.18 bits per heavy atom. The predicted molar refractivity (Wildman–Crippen MR) is 68.5 cm³/mol. The number of pyridine rings is 1. The summed E-state index contributed by atoms with van der Waals surface area (Å²) in [5.41, 5.74) is 0.379. The molecule has 8 heteroatoms. The van der Waals surface area contributed by atoms with E-state index in [2.05, 4.69) is 15.0 Å². The molecule has 2 rings (SSSR count). The summed E-state index contributed by atoms with van der Waals surface area (Å²) in [4.78, 5) is 15.5. The Labute approximate surface area is 122 Å². The lowest BCUT2D eigenvalue weighted by atomic mass is 10.2. The summed E-state index contributed by atoms with van der Waals surface area (Å²) in [7, 11) is 0. The minimum Gasteiger partial charge on any atom is -0.406 e. The molecule has 1 amide bonds. The summed E-state index contributed by atoms with van der Waals surface area (Å²) in [6.07, 6.45) is -2.03. The molecule has 1 aromatic heterocycles. The van der Waals surface area contributed by atoms with Gasteiger partial charge in [-0.05, 0) is 18.2 Å². The number of ether oxygens (including phenoxy) is 1. The number of hydrogen-bond acceptors (Lipinski definition) is 3. The largest absolute Gasteiger partial charge is 0.573 e. The van der Waals surface area contributed by atoms with E-state index in [0.717, 1.165) is 12.1 Å². The second-order valence-electron chi connectivity index (χ2n) is 4.22. The normalized spacial score (nSPS) is 11.1. The molecule has 0 aliphatic rings. The first kappa shape index (κ1) is 15.7. The lowest BCUT2D eigenvalue weighted by Crippen LogP contribution is -2.23. The molecule has 0 aliphatic heterocycles. The molecule has 0 unspecified atom stereocenters. The molecule has 116 valence electrons.